The van der Waals surface area contributed by atoms with Crippen molar-refractivity contribution < 1.29 is 19.1 Å². The molecule has 0 N–H and O–H groups in total. The fourth-order valence-corrected chi connectivity index (χ4v) is 0.214. The van der Waals surface area contributed by atoms with Gasteiger partial charge >= 0.3 is 7.28 Å². The van der Waals surface area contributed by atoms with Crippen molar-refractivity contribution in [2.75, 3.05) is 14.2 Å². The molecule has 0 aromatic rings. The van der Waals surface area contributed by atoms with Gasteiger partial charge < -0.3 is 9.47 Å². The second-order valence-electron chi connectivity index (χ2n) is 1.19. The Kier molecular flexibility index (Phi) is 3.51. The van der Waals surface area contributed by atoms with Crippen LogP contribution in [0.3, 0.4) is 0 Å². The van der Waals surface area contributed by atoms with Crippen LogP contribution in [-0.4, -0.2) is 33.2 Å². The second-order valence-corrected chi connectivity index (χ2v) is 1.19. The summed E-state index contributed by atoms with van der Waals surface area (Å²) in [5.74, 6) is -1.41. The first-order valence-corrected chi connectivity index (χ1v) is 2.21. The summed E-state index contributed by atoms with van der Waals surface area (Å²) in [6.07, 6.45) is 0. The van der Waals surface area contributed by atoms with Gasteiger partial charge in [-0.3, -0.25) is 9.59 Å². The van der Waals surface area contributed by atoms with Crippen molar-refractivity contribution in [3.05, 3.63) is 0 Å². The number of ether oxygens (including phenoxy) is 2. The van der Waals surface area contributed by atoms with Gasteiger partial charge in [-0.25, -0.2) is 0 Å². The van der Waals surface area contributed by atoms with Crippen LogP contribution >= 0.6 is 0 Å². The molecule has 0 aliphatic rings. The topological polar surface area (TPSA) is 52.6 Å². The summed E-state index contributed by atoms with van der Waals surface area (Å²) in [5.41, 5.74) is 0. The molecule has 0 bridgehead atoms. The molecule has 0 aliphatic heterocycles. The van der Waals surface area contributed by atoms with Crippen molar-refractivity contribution in [3.8, 4) is 0 Å². The van der Waals surface area contributed by atoms with E-state index in [1.54, 1.807) is 0 Å². The van der Waals surface area contributed by atoms with Gasteiger partial charge in [-0.1, -0.05) is 0 Å². The van der Waals surface area contributed by atoms with E-state index in [0.29, 0.717) is 0 Å². The predicted octanol–water partition coefficient (Wildman–Crippen LogP) is 0.223. The number of rotatable bonds is 2. The smallest absolute Gasteiger partial charge is 0.405 e. The molecule has 0 aromatic carbocycles. The Morgan fingerprint density at radius 1 is 1.11 bits per heavy atom. The number of carbonyl (C=O) groups is 2. The van der Waals surface area contributed by atoms with E-state index in [1.165, 1.54) is 14.2 Å². The highest BCUT2D eigenvalue weighted by Crippen LogP contribution is 1.78. The fourth-order valence-electron chi connectivity index (χ4n) is 0.214. The normalized spacial score (nSPS) is 7.78. The summed E-state index contributed by atoms with van der Waals surface area (Å²) >= 11 is 0. The number of hydrogen-bond donors (Lipinski definition) is 0. The average Bonchev–Trinajstić information content (AvgIpc) is 1.87. The van der Waals surface area contributed by atoms with Crippen LogP contribution in [0, 0.1) is 0 Å². The molecule has 49 valence electrons. The molecule has 1 radical (unpaired) electrons. The first-order chi connectivity index (χ1) is 4.20. The standard InChI is InChI=1S/C4H6BO4/c1-8-3(6)5-4(7)9-2/h1-2H3. The molecule has 0 spiro atoms. The Hall–Kier alpha value is -0.995. The van der Waals surface area contributed by atoms with E-state index >= 15 is 0 Å². The van der Waals surface area contributed by atoms with Gasteiger partial charge in [0.25, 0.3) is 11.7 Å². The molecule has 0 amide bonds. The third-order valence-electron chi connectivity index (χ3n) is 0.638. The summed E-state index contributed by atoms with van der Waals surface area (Å²) in [6.45, 7) is 0. The van der Waals surface area contributed by atoms with Crippen molar-refractivity contribution in [1.82, 2.24) is 0 Å². The Bertz CT molecular complexity index is 108. The van der Waals surface area contributed by atoms with Crippen molar-refractivity contribution in [1.29, 1.82) is 0 Å². The maximum Gasteiger partial charge on any atom is 0.405 e. The Labute approximate surface area is 53.4 Å². The highest BCUT2D eigenvalue weighted by molar-refractivity contribution is 6.94. The molecule has 5 heteroatoms. The molecule has 0 saturated carbocycles. The lowest BCUT2D eigenvalue weighted by atomic mass is 9.79. The monoisotopic (exact) mass is 129 g/mol. The predicted molar refractivity (Wildman–Crippen MR) is 30.6 cm³/mol. The minimum absolute atomic E-state index is 0.707. The second kappa shape index (κ2) is 3.94. The lowest BCUT2D eigenvalue weighted by molar-refractivity contribution is 0.190. The number of carbonyl (C=O) groups excluding carboxylic acids is 2. The van der Waals surface area contributed by atoms with Crippen LogP contribution in [0.5, 0.6) is 0 Å². The third-order valence-corrected chi connectivity index (χ3v) is 0.638. The van der Waals surface area contributed by atoms with E-state index in [4.69, 9.17) is 0 Å². The van der Waals surface area contributed by atoms with Gasteiger partial charge in [-0.2, -0.15) is 0 Å². The van der Waals surface area contributed by atoms with Crippen LogP contribution < -0.4 is 0 Å². The van der Waals surface area contributed by atoms with E-state index in [1.807, 2.05) is 0 Å². The first-order valence-electron chi connectivity index (χ1n) is 2.21. The molecule has 4 nitrogen and oxygen atoms in total. The highest BCUT2D eigenvalue weighted by Gasteiger charge is 2.12. The van der Waals surface area contributed by atoms with Gasteiger partial charge in [0.1, 0.15) is 0 Å². The molecular weight excluding hydrogens is 123 g/mol. The van der Waals surface area contributed by atoms with Crippen molar-refractivity contribution >= 4 is 19.0 Å². The molecule has 0 aliphatic carbocycles. The third kappa shape index (κ3) is 3.58. The van der Waals surface area contributed by atoms with E-state index < -0.39 is 11.7 Å². The van der Waals surface area contributed by atoms with Gasteiger partial charge in [0.05, 0.1) is 14.2 Å². The molecule has 0 rings (SSSR count). The lowest BCUT2D eigenvalue weighted by Gasteiger charge is -1.93. The maximum atomic E-state index is 10.2. The van der Waals surface area contributed by atoms with E-state index in [2.05, 4.69) is 9.47 Å². The van der Waals surface area contributed by atoms with E-state index in [-0.39, 0.29) is 0 Å². The minimum atomic E-state index is -0.707. The zero-order valence-electron chi connectivity index (χ0n) is 5.21. The van der Waals surface area contributed by atoms with Crippen LogP contribution in [-0.2, 0) is 9.47 Å². The summed E-state index contributed by atoms with van der Waals surface area (Å²) in [4.78, 5) is 20.4. The van der Waals surface area contributed by atoms with E-state index in [0.717, 1.165) is 7.28 Å². The first kappa shape index (κ1) is 8.00. The molecule has 9 heavy (non-hydrogen) atoms. The van der Waals surface area contributed by atoms with Gasteiger partial charge in [0.15, 0.2) is 0 Å². The summed E-state index contributed by atoms with van der Waals surface area (Å²) < 4.78 is 8.25. The van der Waals surface area contributed by atoms with Crippen LogP contribution in [0.1, 0.15) is 0 Å². The Morgan fingerprint density at radius 2 is 1.44 bits per heavy atom. The average molecular weight is 129 g/mol. The molecule has 0 heterocycles. The fraction of sp³-hybridized carbons (Fsp3) is 0.500. The van der Waals surface area contributed by atoms with Gasteiger partial charge in [0.2, 0.25) is 0 Å². The summed E-state index contributed by atoms with van der Waals surface area (Å²) in [6, 6.07) is 0. The van der Waals surface area contributed by atoms with Crippen LogP contribution in [0.25, 0.3) is 0 Å². The quantitative estimate of drug-likeness (QED) is 0.500. The summed E-state index contributed by atoms with van der Waals surface area (Å²) in [5, 5.41) is 0. The van der Waals surface area contributed by atoms with Crippen LogP contribution in [0.2, 0.25) is 0 Å². The Morgan fingerprint density at radius 3 is 1.67 bits per heavy atom. The largest absolute Gasteiger partial charge is 0.477 e. The Balaban J connectivity index is 3.47. The van der Waals surface area contributed by atoms with E-state index in [9.17, 15) is 9.59 Å². The summed E-state index contributed by atoms with van der Waals surface area (Å²) in [7, 11) is 3.09. The molecule has 0 fully saturated rings. The molecule has 0 atom stereocenters. The van der Waals surface area contributed by atoms with Gasteiger partial charge in [-0.15, -0.1) is 0 Å². The molecule has 0 unspecified atom stereocenters. The SMILES string of the molecule is COC(=O)[B]C(=O)OC. The van der Waals surface area contributed by atoms with Crippen molar-refractivity contribution in [2.45, 2.75) is 0 Å². The molecule has 0 aromatic heterocycles. The van der Waals surface area contributed by atoms with Crippen LogP contribution in [0.15, 0.2) is 0 Å². The van der Waals surface area contributed by atoms with Crippen molar-refractivity contribution in [3.63, 3.8) is 0 Å². The maximum absolute atomic E-state index is 10.2. The zero-order valence-corrected chi connectivity index (χ0v) is 5.21. The lowest BCUT2D eigenvalue weighted by Crippen LogP contribution is -2.19. The van der Waals surface area contributed by atoms with Crippen molar-refractivity contribution in [2.24, 2.45) is 0 Å². The highest BCUT2D eigenvalue weighted by atomic mass is 16.5. The molecule has 0 saturated heterocycles. The molecular formula is C4H6BO4. The number of hydrogen-bond acceptors (Lipinski definition) is 4. The van der Waals surface area contributed by atoms with Gasteiger partial charge in [0, 0.05) is 0 Å². The van der Waals surface area contributed by atoms with Crippen LogP contribution in [0.4, 0.5) is 9.59 Å². The van der Waals surface area contributed by atoms with Gasteiger partial charge in [-0.05, 0) is 0 Å². The zero-order chi connectivity index (χ0) is 7.28. The minimum Gasteiger partial charge on any atom is -0.477 e. The number of methoxy groups -OCH3 is 2.